The van der Waals surface area contributed by atoms with Crippen molar-refractivity contribution in [2.45, 2.75) is 52.0 Å². The van der Waals surface area contributed by atoms with Crippen LogP contribution in [0.15, 0.2) is 11.1 Å². The summed E-state index contributed by atoms with van der Waals surface area (Å²) in [5.41, 5.74) is 3.30. The molecule has 0 aromatic carbocycles. The van der Waals surface area contributed by atoms with Crippen molar-refractivity contribution in [3.05, 3.63) is 22.9 Å². The molecule has 102 valence electrons. The molecule has 0 saturated heterocycles. The van der Waals surface area contributed by atoms with E-state index in [0.29, 0.717) is 27.8 Å². The van der Waals surface area contributed by atoms with Gasteiger partial charge in [-0.25, -0.2) is 4.98 Å². The predicted octanol–water partition coefficient (Wildman–Crippen LogP) is 4.03. The van der Waals surface area contributed by atoms with E-state index in [9.17, 15) is 0 Å². The van der Waals surface area contributed by atoms with E-state index >= 15 is 0 Å². The molecule has 3 heteroatoms. The molecule has 0 spiro atoms. The average molecular weight is 274 g/mol. The fraction of sp³-hybridized carbons (Fsp3) is 0.625. The standard InChI is InChI=1S/C16H22N2S/c1-5-10-8-14-11(7-13(10)16(2,3)4)6-12(9-17)15(19)18-14/h6,10,13H,5,7-8H2,1-4H3,(H,18,19). The normalized spacial score (nSPS) is 22.7. The second-order valence-corrected chi connectivity index (χ2v) is 7.05. The minimum Gasteiger partial charge on any atom is -0.245 e. The minimum atomic E-state index is 0.296. The Balaban J connectivity index is 2.43. The summed E-state index contributed by atoms with van der Waals surface area (Å²) in [6, 6.07) is 4.18. The first-order valence-corrected chi connectivity index (χ1v) is 7.43. The summed E-state index contributed by atoms with van der Waals surface area (Å²) in [5, 5.41) is 9.68. The Morgan fingerprint density at radius 3 is 2.63 bits per heavy atom. The minimum absolute atomic E-state index is 0.296. The Labute approximate surface area is 121 Å². The highest BCUT2D eigenvalue weighted by Crippen LogP contribution is 2.42. The van der Waals surface area contributed by atoms with Gasteiger partial charge in [0.1, 0.15) is 11.1 Å². The number of hydrogen-bond acceptors (Lipinski definition) is 3. The van der Waals surface area contributed by atoms with Crippen LogP contribution in [0.4, 0.5) is 0 Å². The number of thiol groups is 1. The van der Waals surface area contributed by atoms with E-state index in [-0.39, 0.29) is 0 Å². The SMILES string of the molecule is CCC1Cc2nc(S)c(C#N)cc2CC1C(C)(C)C. The molecule has 2 atom stereocenters. The lowest BCUT2D eigenvalue weighted by Crippen LogP contribution is -2.35. The molecule has 1 aromatic heterocycles. The van der Waals surface area contributed by atoms with Gasteiger partial charge in [0.15, 0.2) is 0 Å². The second-order valence-electron chi connectivity index (χ2n) is 6.63. The van der Waals surface area contributed by atoms with Gasteiger partial charge in [0.05, 0.1) is 5.56 Å². The number of nitrogens with zero attached hydrogens (tertiary/aromatic N) is 2. The van der Waals surface area contributed by atoms with E-state index in [1.165, 1.54) is 12.0 Å². The van der Waals surface area contributed by atoms with Crippen LogP contribution in [-0.2, 0) is 12.8 Å². The van der Waals surface area contributed by atoms with Crippen LogP contribution in [0.1, 0.15) is 50.9 Å². The van der Waals surface area contributed by atoms with Crippen LogP contribution in [0, 0.1) is 28.6 Å². The fourth-order valence-corrected chi connectivity index (χ4v) is 3.49. The molecule has 2 unspecified atom stereocenters. The summed E-state index contributed by atoms with van der Waals surface area (Å²) in [6.45, 7) is 9.21. The molecule has 0 bridgehead atoms. The van der Waals surface area contributed by atoms with Crippen LogP contribution >= 0.6 is 12.6 Å². The molecule has 0 fully saturated rings. The zero-order valence-electron chi connectivity index (χ0n) is 12.2. The lowest BCUT2D eigenvalue weighted by Gasteiger charge is -2.40. The van der Waals surface area contributed by atoms with Crippen molar-refractivity contribution >= 4 is 12.6 Å². The van der Waals surface area contributed by atoms with Crippen LogP contribution in [-0.4, -0.2) is 4.98 Å². The van der Waals surface area contributed by atoms with Crippen molar-refractivity contribution < 1.29 is 0 Å². The lowest BCUT2D eigenvalue weighted by atomic mass is 9.65. The first kappa shape index (κ1) is 14.4. The third kappa shape index (κ3) is 2.79. The first-order chi connectivity index (χ1) is 8.86. The number of pyridine rings is 1. The highest BCUT2D eigenvalue weighted by Gasteiger charge is 2.36. The monoisotopic (exact) mass is 274 g/mol. The van der Waals surface area contributed by atoms with E-state index in [1.807, 2.05) is 6.07 Å². The summed E-state index contributed by atoms with van der Waals surface area (Å²) < 4.78 is 0. The fourth-order valence-electron chi connectivity index (χ4n) is 3.25. The van der Waals surface area contributed by atoms with Gasteiger partial charge in [-0.15, -0.1) is 12.6 Å². The van der Waals surface area contributed by atoms with Gasteiger partial charge in [-0.2, -0.15) is 5.26 Å². The Bertz CT molecular complexity index is 523. The number of fused-ring (bicyclic) bond motifs is 1. The Kier molecular flexibility index (Phi) is 3.92. The Morgan fingerprint density at radius 1 is 1.42 bits per heavy atom. The van der Waals surface area contributed by atoms with Gasteiger partial charge < -0.3 is 0 Å². The largest absolute Gasteiger partial charge is 0.245 e. The van der Waals surface area contributed by atoms with Gasteiger partial charge >= 0.3 is 0 Å². The molecule has 2 rings (SSSR count). The molecule has 0 amide bonds. The van der Waals surface area contributed by atoms with Gasteiger partial charge in [0, 0.05) is 5.69 Å². The third-order valence-electron chi connectivity index (χ3n) is 4.39. The van der Waals surface area contributed by atoms with Gasteiger partial charge in [-0.1, -0.05) is 34.1 Å². The van der Waals surface area contributed by atoms with E-state index in [4.69, 9.17) is 5.26 Å². The molecule has 1 aromatic rings. The molecule has 19 heavy (non-hydrogen) atoms. The maximum atomic E-state index is 9.11. The van der Waals surface area contributed by atoms with Crippen molar-refractivity contribution in [1.82, 2.24) is 4.98 Å². The van der Waals surface area contributed by atoms with Gasteiger partial charge in [0.25, 0.3) is 0 Å². The number of hydrogen-bond donors (Lipinski definition) is 1. The summed E-state index contributed by atoms with van der Waals surface area (Å²) in [7, 11) is 0. The maximum Gasteiger partial charge on any atom is 0.111 e. The van der Waals surface area contributed by atoms with E-state index in [0.717, 1.165) is 18.5 Å². The molecule has 1 heterocycles. The van der Waals surface area contributed by atoms with Crippen LogP contribution in [0.5, 0.6) is 0 Å². The van der Waals surface area contributed by atoms with Crippen molar-refractivity contribution in [3.8, 4) is 6.07 Å². The van der Waals surface area contributed by atoms with Gasteiger partial charge in [-0.05, 0) is 41.7 Å². The number of nitriles is 1. The molecular weight excluding hydrogens is 252 g/mol. The number of rotatable bonds is 1. The highest BCUT2D eigenvalue weighted by molar-refractivity contribution is 7.80. The van der Waals surface area contributed by atoms with Crippen molar-refractivity contribution in [1.29, 1.82) is 5.26 Å². The van der Waals surface area contributed by atoms with Crippen LogP contribution in [0.2, 0.25) is 0 Å². The van der Waals surface area contributed by atoms with Crippen molar-refractivity contribution in [2.75, 3.05) is 0 Å². The molecule has 2 nitrogen and oxygen atoms in total. The van der Waals surface area contributed by atoms with Gasteiger partial charge in [0.2, 0.25) is 0 Å². The van der Waals surface area contributed by atoms with Gasteiger partial charge in [-0.3, -0.25) is 0 Å². The average Bonchev–Trinajstić information content (AvgIpc) is 2.35. The third-order valence-corrected chi connectivity index (χ3v) is 4.73. The predicted molar refractivity (Wildman–Crippen MR) is 80.3 cm³/mol. The summed E-state index contributed by atoms with van der Waals surface area (Å²) >= 11 is 4.32. The summed E-state index contributed by atoms with van der Waals surface area (Å²) in [4.78, 5) is 4.54. The van der Waals surface area contributed by atoms with E-state index < -0.39 is 0 Å². The zero-order chi connectivity index (χ0) is 14.2. The van der Waals surface area contributed by atoms with Crippen molar-refractivity contribution in [3.63, 3.8) is 0 Å². The molecular formula is C16H22N2S. The van der Waals surface area contributed by atoms with Crippen LogP contribution in [0.25, 0.3) is 0 Å². The highest BCUT2D eigenvalue weighted by atomic mass is 32.1. The molecule has 1 aliphatic carbocycles. The van der Waals surface area contributed by atoms with E-state index in [1.54, 1.807) is 0 Å². The van der Waals surface area contributed by atoms with E-state index in [2.05, 4.69) is 51.4 Å². The molecule has 0 N–H and O–H groups in total. The summed E-state index contributed by atoms with van der Waals surface area (Å²) in [5.74, 6) is 1.34. The quantitative estimate of drug-likeness (QED) is 0.785. The maximum absolute atomic E-state index is 9.11. The smallest absolute Gasteiger partial charge is 0.111 e. The Hall–Kier alpha value is -1.01. The number of aromatic nitrogens is 1. The molecule has 0 aliphatic heterocycles. The topological polar surface area (TPSA) is 36.7 Å². The first-order valence-electron chi connectivity index (χ1n) is 6.98. The summed E-state index contributed by atoms with van der Waals surface area (Å²) in [6.07, 6.45) is 3.24. The Morgan fingerprint density at radius 2 is 2.11 bits per heavy atom. The van der Waals surface area contributed by atoms with Crippen LogP contribution < -0.4 is 0 Å². The molecule has 1 aliphatic rings. The molecule has 0 saturated carbocycles. The van der Waals surface area contributed by atoms with Crippen molar-refractivity contribution in [2.24, 2.45) is 17.3 Å². The van der Waals surface area contributed by atoms with Crippen LogP contribution in [0.3, 0.4) is 0 Å². The molecule has 0 radical (unpaired) electrons. The zero-order valence-corrected chi connectivity index (χ0v) is 13.1. The lowest BCUT2D eigenvalue weighted by molar-refractivity contribution is 0.140. The second kappa shape index (κ2) is 5.17.